The van der Waals surface area contributed by atoms with E-state index in [4.69, 9.17) is 5.11 Å². The first-order valence-electron chi connectivity index (χ1n) is 7.42. The average Bonchev–Trinajstić information content (AvgIpc) is 2.90. The lowest BCUT2D eigenvalue weighted by Crippen LogP contribution is -2.47. The molecule has 1 fully saturated rings. The maximum Gasteiger partial charge on any atom is 0.328 e. The molecule has 3 amide bonds. The number of hydrogen-bond acceptors (Lipinski definition) is 3. The van der Waals surface area contributed by atoms with E-state index in [1.165, 1.54) is 0 Å². The zero-order valence-corrected chi connectivity index (χ0v) is 12.7. The van der Waals surface area contributed by atoms with Crippen molar-refractivity contribution >= 4 is 17.9 Å². The number of nitrogens with one attached hydrogen (secondary N) is 1. The molecule has 0 aliphatic heterocycles. The van der Waals surface area contributed by atoms with E-state index in [1.54, 1.807) is 4.90 Å². The normalized spacial score (nSPS) is 15.6. The first kappa shape index (κ1) is 17.2. The topological polar surface area (TPSA) is 86.7 Å². The number of carbonyl (C=O) groups excluding carboxylic acids is 2. The summed E-state index contributed by atoms with van der Waals surface area (Å²) in [5.74, 6) is -1.44. The van der Waals surface area contributed by atoms with Gasteiger partial charge in [0.05, 0.1) is 0 Å². The minimum absolute atomic E-state index is 0.181. The maximum absolute atomic E-state index is 12.2. The Kier molecular flexibility index (Phi) is 6.91. The summed E-state index contributed by atoms with van der Waals surface area (Å²) < 4.78 is 0. The largest absolute Gasteiger partial charge is 0.478 e. The summed E-state index contributed by atoms with van der Waals surface area (Å²) in [6.45, 7) is 4.79. The van der Waals surface area contributed by atoms with Crippen molar-refractivity contribution < 1.29 is 19.5 Å². The van der Waals surface area contributed by atoms with E-state index in [9.17, 15) is 14.4 Å². The molecule has 0 bridgehead atoms. The van der Waals surface area contributed by atoms with Crippen molar-refractivity contribution in [1.29, 1.82) is 0 Å². The van der Waals surface area contributed by atoms with E-state index in [2.05, 4.69) is 19.2 Å². The smallest absolute Gasteiger partial charge is 0.328 e. The molecule has 0 aromatic carbocycles. The van der Waals surface area contributed by atoms with Crippen molar-refractivity contribution in [2.45, 2.75) is 52.0 Å². The Bertz CT molecular complexity index is 412. The predicted octanol–water partition coefficient (Wildman–Crippen LogP) is 2.15. The van der Waals surface area contributed by atoms with Crippen LogP contribution in [0, 0.1) is 5.92 Å². The van der Waals surface area contributed by atoms with E-state index in [0.29, 0.717) is 12.5 Å². The number of rotatable bonds is 6. The minimum Gasteiger partial charge on any atom is -0.478 e. The Hall–Kier alpha value is -1.85. The SMILES string of the molecule is CC(C)CCN(C(=O)NC(=O)/C=C/C(=O)O)C1CCCC1. The third-order valence-electron chi connectivity index (χ3n) is 3.58. The number of aliphatic carboxylic acids is 1. The molecule has 1 saturated carbocycles. The van der Waals surface area contributed by atoms with Crippen molar-refractivity contribution in [3.63, 3.8) is 0 Å². The van der Waals surface area contributed by atoms with Crippen LogP contribution in [-0.4, -0.2) is 40.5 Å². The zero-order chi connectivity index (χ0) is 15.8. The van der Waals surface area contributed by atoms with Crippen molar-refractivity contribution in [2.24, 2.45) is 5.92 Å². The monoisotopic (exact) mass is 296 g/mol. The molecule has 6 nitrogen and oxygen atoms in total. The quantitative estimate of drug-likeness (QED) is 0.735. The lowest BCUT2D eigenvalue weighted by molar-refractivity contribution is -0.131. The zero-order valence-electron chi connectivity index (χ0n) is 12.7. The standard InChI is InChI=1S/C15H24N2O4/c1-11(2)9-10-17(12-5-3-4-6-12)15(21)16-13(18)7-8-14(19)20/h7-8,11-12H,3-6,9-10H2,1-2H3,(H,19,20)(H,16,18,21)/b8-7+. The summed E-state index contributed by atoms with van der Waals surface area (Å²) in [4.78, 5) is 35.8. The summed E-state index contributed by atoms with van der Waals surface area (Å²) in [5, 5.41) is 10.7. The Morgan fingerprint density at radius 2 is 1.86 bits per heavy atom. The Balaban J connectivity index is 2.61. The molecule has 0 spiro atoms. The highest BCUT2D eigenvalue weighted by Gasteiger charge is 2.27. The number of amides is 3. The molecule has 6 heteroatoms. The molecule has 0 aromatic rings. The van der Waals surface area contributed by atoms with E-state index >= 15 is 0 Å². The van der Waals surface area contributed by atoms with Crippen LogP contribution in [0.1, 0.15) is 46.0 Å². The molecular formula is C15H24N2O4. The summed E-state index contributed by atoms with van der Waals surface area (Å²) in [6, 6.07) is -0.248. The van der Waals surface area contributed by atoms with Crippen LogP contribution in [0.4, 0.5) is 4.79 Å². The highest BCUT2D eigenvalue weighted by atomic mass is 16.4. The molecule has 0 unspecified atom stereocenters. The van der Waals surface area contributed by atoms with Gasteiger partial charge in [-0.15, -0.1) is 0 Å². The molecule has 0 radical (unpaired) electrons. The third kappa shape index (κ3) is 6.42. The van der Waals surface area contributed by atoms with Gasteiger partial charge < -0.3 is 10.0 Å². The molecule has 2 N–H and O–H groups in total. The van der Waals surface area contributed by atoms with Crippen molar-refractivity contribution in [3.8, 4) is 0 Å². The van der Waals surface area contributed by atoms with Gasteiger partial charge >= 0.3 is 12.0 Å². The second kappa shape index (κ2) is 8.44. The number of nitrogens with zero attached hydrogens (tertiary/aromatic N) is 1. The Labute approximate surface area is 125 Å². The van der Waals surface area contributed by atoms with Gasteiger partial charge in [0.1, 0.15) is 0 Å². The fourth-order valence-electron chi connectivity index (χ4n) is 2.43. The summed E-state index contributed by atoms with van der Waals surface area (Å²) in [7, 11) is 0. The second-order valence-corrected chi connectivity index (χ2v) is 5.78. The van der Waals surface area contributed by atoms with E-state index < -0.39 is 17.9 Å². The van der Waals surface area contributed by atoms with Crippen molar-refractivity contribution in [3.05, 3.63) is 12.2 Å². The Morgan fingerprint density at radius 1 is 1.24 bits per heavy atom. The van der Waals surface area contributed by atoms with Crippen LogP contribution in [0.5, 0.6) is 0 Å². The van der Waals surface area contributed by atoms with Crippen molar-refractivity contribution in [2.75, 3.05) is 6.54 Å². The molecule has 118 valence electrons. The fourth-order valence-corrected chi connectivity index (χ4v) is 2.43. The van der Waals surface area contributed by atoms with Crippen LogP contribution in [0.15, 0.2) is 12.2 Å². The van der Waals surface area contributed by atoms with Crippen LogP contribution in [0.2, 0.25) is 0 Å². The number of carboxylic acids is 1. The van der Waals surface area contributed by atoms with E-state index in [0.717, 1.165) is 44.3 Å². The van der Waals surface area contributed by atoms with Crippen LogP contribution >= 0.6 is 0 Å². The number of urea groups is 1. The molecule has 1 aliphatic carbocycles. The minimum atomic E-state index is -1.22. The van der Waals surface area contributed by atoms with Gasteiger partial charge in [0.2, 0.25) is 0 Å². The lowest BCUT2D eigenvalue weighted by Gasteiger charge is -2.29. The van der Waals surface area contributed by atoms with Gasteiger partial charge in [-0.25, -0.2) is 9.59 Å². The van der Waals surface area contributed by atoms with Crippen LogP contribution in [0.3, 0.4) is 0 Å². The van der Waals surface area contributed by atoms with Gasteiger partial charge in [-0.05, 0) is 25.2 Å². The van der Waals surface area contributed by atoms with Crippen LogP contribution in [-0.2, 0) is 9.59 Å². The summed E-state index contributed by atoms with van der Waals surface area (Å²) in [6.07, 6.45) is 6.58. The maximum atomic E-state index is 12.2. The molecule has 0 aromatic heterocycles. The van der Waals surface area contributed by atoms with Gasteiger partial charge in [0, 0.05) is 24.7 Å². The summed E-state index contributed by atoms with van der Waals surface area (Å²) >= 11 is 0. The lowest BCUT2D eigenvalue weighted by atomic mass is 10.1. The molecule has 21 heavy (non-hydrogen) atoms. The number of carboxylic acid groups (broad SMARTS) is 1. The van der Waals surface area contributed by atoms with Gasteiger partial charge in [-0.3, -0.25) is 10.1 Å². The van der Waals surface area contributed by atoms with Crippen LogP contribution < -0.4 is 5.32 Å². The van der Waals surface area contributed by atoms with E-state index in [1.807, 2.05) is 0 Å². The highest BCUT2D eigenvalue weighted by Crippen LogP contribution is 2.24. The average molecular weight is 296 g/mol. The molecule has 0 heterocycles. The van der Waals surface area contributed by atoms with Gasteiger partial charge in [-0.2, -0.15) is 0 Å². The molecule has 1 aliphatic rings. The number of hydrogen-bond donors (Lipinski definition) is 2. The van der Waals surface area contributed by atoms with Gasteiger partial charge in [0.25, 0.3) is 5.91 Å². The molecule has 0 atom stereocenters. The third-order valence-corrected chi connectivity index (χ3v) is 3.58. The second-order valence-electron chi connectivity index (χ2n) is 5.78. The molecule has 0 saturated heterocycles. The summed E-state index contributed by atoms with van der Waals surface area (Å²) in [5.41, 5.74) is 0. The number of imide groups is 1. The highest BCUT2D eigenvalue weighted by molar-refractivity contribution is 6.02. The molecular weight excluding hydrogens is 272 g/mol. The first-order chi connectivity index (χ1) is 9.90. The Morgan fingerprint density at radius 3 is 2.38 bits per heavy atom. The van der Waals surface area contributed by atoms with Crippen molar-refractivity contribution in [1.82, 2.24) is 10.2 Å². The number of carbonyl (C=O) groups is 3. The van der Waals surface area contributed by atoms with Gasteiger partial charge in [0.15, 0.2) is 0 Å². The van der Waals surface area contributed by atoms with Gasteiger partial charge in [-0.1, -0.05) is 26.7 Å². The first-order valence-corrected chi connectivity index (χ1v) is 7.42. The molecule has 1 rings (SSSR count). The van der Waals surface area contributed by atoms with Crippen LogP contribution in [0.25, 0.3) is 0 Å². The predicted molar refractivity (Wildman–Crippen MR) is 78.7 cm³/mol. The van der Waals surface area contributed by atoms with E-state index in [-0.39, 0.29) is 6.04 Å². The fraction of sp³-hybridized carbons (Fsp3) is 0.667.